The summed E-state index contributed by atoms with van der Waals surface area (Å²) in [6.07, 6.45) is 0. The van der Waals surface area contributed by atoms with Gasteiger partial charge >= 0.3 is 0 Å². The standard InChI is InChI=1S/C23H16ClF2N3O/c24-18-7-5-16(6-8-18)22-12-21(28-29-22)15-1-3-17(4-2-15)23(30)27-13-14-9-19(25)11-20(26)10-14/h1-12H,13H2,(H,27,30)(H,28,29). The summed E-state index contributed by atoms with van der Waals surface area (Å²) in [6, 6.07) is 19.4. The number of rotatable bonds is 5. The molecule has 4 rings (SSSR count). The first-order valence-electron chi connectivity index (χ1n) is 9.13. The summed E-state index contributed by atoms with van der Waals surface area (Å²) < 4.78 is 26.5. The van der Waals surface area contributed by atoms with Crippen LogP contribution in [0.15, 0.2) is 72.8 Å². The Morgan fingerprint density at radius 2 is 1.53 bits per heavy atom. The van der Waals surface area contributed by atoms with Crippen LogP contribution in [0.2, 0.25) is 5.02 Å². The van der Waals surface area contributed by atoms with Crippen molar-refractivity contribution in [1.82, 2.24) is 15.5 Å². The van der Waals surface area contributed by atoms with Gasteiger partial charge in [-0.15, -0.1) is 0 Å². The lowest BCUT2D eigenvalue weighted by atomic mass is 10.1. The van der Waals surface area contributed by atoms with Gasteiger partial charge in [0.25, 0.3) is 5.91 Å². The van der Waals surface area contributed by atoms with Crippen LogP contribution in [-0.4, -0.2) is 16.1 Å². The minimum absolute atomic E-state index is 0.0269. The zero-order valence-corrected chi connectivity index (χ0v) is 16.4. The largest absolute Gasteiger partial charge is 0.348 e. The van der Waals surface area contributed by atoms with E-state index in [0.717, 1.165) is 28.6 Å². The van der Waals surface area contributed by atoms with Crippen LogP contribution < -0.4 is 5.32 Å². The molecule has 0 atom stereocenters. The smallest absolute Gasteiger partial charge is 0.251 e. The Bertz CT molecular complexity index is 1170. The topological polar surface area (TPSA) is 57.8 Å². The fourth-order valence-electron chi connectivity index (χ4n) is 3.04. The molecule has 0 unspecified atom stereocenters. The molecular formula is C23H16ClF2N3O. The highest BCUT2D eigenvalue weighted by Crippen LogP contribution is 2.25. The number of H-pyrrole nitrogens is 1. The molecule has 0 aliphatic carbocycles. The SMILES string of the molecule is O=C(NCc1cc(F)cc(F)c1)c1ccc(-c2cc(-c3ccc(Cl)cc3)[nH]n2)cc1. The molecule has 0 bridgehead atoms. The lowest BCUT2D eigenvalue weighted by Gasteiger charge is -2.06. The number of hydrogen-bond acceptors (Lipinski definition) is 2. The number of benzene rings is 3. The van der Waals surface area contributed by atoms with Crippen LogP contribution >= 0.6 is 11.6 Å². The maximum atomic E-state index is 13.2. The van der Waals surface area contributed by atoms with Gasteiger partial charge in [0.05, 0.1) is 11.4 Å². The minimum Gasteiger partial charge on any atom is -0.348 e. The number of carbonyl (C=O) groups is 1. The molecule has 7 heteroatoms. The van der Waals surface area contributed by atoms with Crippen molar-refractivity contribution in [2.24, 2.45) is 0 Å². The van der Waals surface area contributed by atoms with Crippen LogP contribution in [0.25, 0.3) is 22.5 Å². The molecule has 1 heterocycles. The summed E-state index contributed by atoms with van der Waals surface area (Å²) in [5.41, 5.74) is 4.18. The van der Waals surface area contributed by atoms with Crippen molar-refractivity contribution < 1.29 is 13.6 Å². The average molecular weight is 424 g/mol. The fraction of sp³-hybridized carbons (Fsp3) is 0.0435. The molecule has 30 heavy (non-hydrogen) atoms. The molecule has 0 fully saturated rings. The maximum Gasteiger partial charge on any atom is 0.251 e. The molecule has 150 valence electrons. The van der Waals surface area contributed by atoms with Crippen molar-refractivity contribution in [2.75, 3.05) is 0 Å². The van der Waals surface area contributed by atoms with Crippen LogP contribution in [0, 0.1) is 11.6 Å². The number of carbonyl (C=O) groups excluding carboxylic acids is 1. The molecule has 4 aromatic rings. The summed E-state index contributed by atoms with van der Waals surface area (Å²) in [7, 11) is 0. The molecule has 0 spiro atoms. The summed E-state index contributed by atoms with van der Waals surface area (Å²) in [6.45, 7) is 0.0269. The number of hydrogen-bond donors (Lipinski definition) is 2. The predicted octanol–water partition coefficient (Wildman–Crippen LogP) is 5.61. The molecule has 1 amide bonds. The van der Waals surface area contributed by atoms with E-state index in [1.807, 2.05) is 30.3 Å². The highest BCUT2D eigenvalue weighted by molar-refractivity contribution is 6.30. The molecule has 0 aliphatic heterocycles. The van der Waals surface area contributed by atoms with E-state index < -0.39 is 11.6 Å². The second kappa shape index (κ2) is 8.47. The number of amides is 1. The van der Waals surface area contributed by atoms with Gasteiger partial charge < -0.3 is 5.32 Å². The van der Waals surface area contributed by atoms with Gasteiger partial charge in [0.2, 0.25) is 0 Å². The van der Waals surface area contributed by atoms with Gasteiger partial charge in [-0.3, -0.25) is 9.89 Å². The third kappa shape index (κ3) is 4.55. The van der Waals surface area contributed by atoms with Gasteiger partial charge in [0.15, 0.2) is 0 Å². The van der Waals surface area contributed by atoms with Gasteiger partial charge in [0, 0.05) is 28.8 Å². The minimum atomic E-state index is -0.680. The van der Waals surface area contributed by atoms with Gasteiger partial charge in [-0.25, -0.2) is 8.78 Å². The molecule has 0 radical (unpaired) electrons. The summed E-state index contributed by atoms with van der Waals surface area (Å²) in [4.78, 5) is 12.3. The molecule has 0 saturated carbocycles. The number of aromatic amines is 1. The molecule has 0 saturated heterocycles. The van der Waals surface area contributed by atoms with Gasteiger partial charge in [-0.05, 0) is 53.6 Å². The Balaban J connectivity index is 1.43. The first-order valence-corrected chi connectivity index (χ1v) is 9.51. The lowest BCUT2D eigenvalue weighted by Crippen LogP contribution is -2.22. The lowest BCUT2D eigenvalue weighted by molar-refractivity contribution is 0.0951. The Morgan fingerprint density at radius 3 is 2.20 bits per heavy atom. The number of halogens is 3. The summed E-state index contributed by atoms with van der Waals surface area (Å²) in [5.74, 6) is -1.70. The van der Waals surface area contributed by atoms with Gasteiger partial charge in [-0.2, -0.15) is 5.10 Å². The van der Waals surface area contributed by atoms with E-state index in [0.29, 0.717) is 16.1 Å². The van der Waals surface area contributed by atoms with E-state index in [1.165, 1.54) is 12.1 Å². The molecule has 0 aliphatic rings. The summed E-state index contributed by atoms with van der Waals surface area (Å²) in [5, 5.41) is 10.6. The van der Waals surface area contributed by atoms with Crippen molar-refractivity contribution in [3.05, 3.63) is 101 Å². The zero-order valence-electron chi connectivity index (χ0n) is 15.6. The third-order valence-electron chi connectivity index (χ3n) is 4.55. The molecule has 3 aromatic carbocycles. The first kappa shape index (κ1) is 19.8. The first-order chi connectivity index (χ1) is 14.5. The third-order valence-corrected chi connectivity index (χ3v) is 4.80. The normalized spacial score (nSPS) is 10.8. The predicted molar refractivity (Wildman–Crippen MR) is 112 cm³/mol. The van der Waals surface area contributed by atoms with Crippen LogP contribution in [0.3, 0.4) is 0 Å². The average Bonchev–Trinajstić information content (AvgIpc) is 3.22. The Morgan fingerprint density at radius 1 is 0.900 bits per heavy atom. The van der Waals surface area contributed by atoms with Crippen molar-refractivity contribution >= 4 is 17.5 Å². The summed E-state index contributed by atoms with van der Waals surface area (Å²) >= 11 is 5.92. The van der Waals surface area contributed by atoms with E-state index in [9.17, 15) is 13.6 Å². The number of nitrogens with zero attached hydrogens (tertiary/aromatic N) is 1. The molecule has 2 N–H and O–H groups in total. The Labute approximate surface area is 176 Å². The van der Waals surface area contributed by atoms with E-state index in [1.54, 1.807) is 24.3 Å². The molecule has 1 aromatic heterocycles. The van der Waals surface area contributed by atoms with Crippen molar-refractivity contribution in [3.8, 4) is 22.5 Å². The Hall–Kier alpha value is -3.51. The molecular weight excluding hydrogens is 408 g/mol. The maximum absolute atomic E-state index is 13.2. The van der Waals surface area contributed by atoms with Crippen molar-refractivity contribution in [1.29, 1.82) is 0 Å². The quantitative estimate of drug-likeness (QED) is 0.438. The van der Waals surface area contributed by atoms with Gasteiger partial charge in [-0.1, -0.05) is 35.9 Å². The number of nitrogens with one attached hydrogen (secondary N) is 2. The van der Waals surface area contributed by atoms with E-state index in [-0.39, 0.29) is 12.5 Å². The van der Waals surface area contributed by atoms with Crippen molar-refractivity contribution in [3.63, 3.8) is 0 Å². The van der Waals surface area contributed by atoms with E-state index >= 15 is 0 Å². The Kier molecular flexibility index (Phi) is 5.59. The molecule has 4 nitrogen and oxygen atoms in total. The zero-order chi connectivity index (χ0) is 21.1. The van der Waals surface area contributed by atoms with Crippen LogP contribution in [0.5, 0.6) is 0 Å². The van der Waals surface area contributed by atoms with E-state index in [2.05, 4.69) is 15.5 Å². The number of aromatic nitrogens is 2. The van der Waals surface area contributed by atoms with E-state index in [4.69, 9.17) is 11.6 Å². The van der Waals surface area contributed by atoms with Crippen molar-refractivity contribution in [2.45, 2.75) is 6.54 Å². The monoisotopic (exact) mass is 423 g/mol. The highest BCUT2D eigenvalue weighted by Gasteiger charge is 2.10. The second-order valence-corrected chi connectivity index (χ2v) is 7.15. The highest BCUT2D eigenvalue weighted by atomic mass is 35.5. The second-order valence-electron chi connectivity index (χ2n) is 6.71. The fourth-order valence-corrected chi connectivity index (χ4v) is 3.16. The van der Waals surface area contributed by atoms with Crippen LogP contribution in [0.4, 0.5) is 8.78 Å². The van der Waals surface area contributed by atoms with Crippen LogP contribution in [0.1, 0.15) is 15.9 Å². The van der Waals surface area contributed by atoms with Crippen LogP contribution in [-0.2, 0) is 6.54 Å². The van der Waals surface area contributed by atoms with Gasteiger partial charge in [0.1, 0.15) is 11.6 Å².